The number of carbonyl (C=O) groups is 1. The van der Waals surface area contributed by atoms with Crippen molar-refractivity contribution in [3.05, 3.63) is 0 Å². The van der Waals surface area contributed by atoms with Crippen molar-refractivity contribution in [3.8, 4) is 0 Å². The minimum absolute atomic E-state index is 0.148. The molecule has 84 valence electrons. The van der Waals surface area contributed by atoms with Crippen LogP contribution >= 0.6 is 0 Å². The van der Waals surface area contributed by atoms with Gasteiger partial charge in [-0.2, -0.15) is 0 Å². The summed E-state index contributed by atoms with van der Waals surface area (Å²) in [6.07, 6.45) is 0. The summed E-state index contributed by atoms with van der Waals surface area (Å²) in [6, 6.07) is 0. The lowest BCUT2D eigenvalue weighted by Crippen LogP contribution is -2.48. The Morgan fingerprint density at radius 3 is 2.00 bits per heavy atom. The molecule has 4 heteroatoms. The Balaban J connectivity index is 4.51. The Bertz CT molecular complexity index is 203. The van der Waals surface area contributed by atoms with E-state index in [0.29, 0.717) is 6.54 Å². The first-order chi connectivity index (χ1) is 6.08. The van der Waals surface area contributed by atoms with E-state index in [4.69, 9.17) is 0 Å². The predicted octanol–water partition coefficient (Wildman–Crippen LogP) is 1.35. The van der Waals surface area contributed by atoms with E-state index in [2.05, 4.69) is 0 Å². The summed E-state index contributed by atoms with van der Waals surface area (Å²) in [5, 5.41) is 9.52. The summed E-state index contributed by atoms with van der Waals surface area (Å²) in [5.41, 5.74) is -2.86. The molecule has 3 nitrogen and oxygen atoms in total. The van der Waals surface area contributed by atoms with Crippen molar-refractivity contribution >= 4 is 5.91 Å². The molecule has 0 aliphatic rings. The highest BCUT2D eigenvalue weighted by molar-refractivity contribution is 5.84. The van der Waals surface area contributed by atoms with E-state index in [9.17, 15) is 14.3 Å². The summed E-state index contributed by atoms with van der Waals surface area (Å²) < 4.78 is 13.3. The maximum absolute atomic E-state index is 13.3. The van der Waals surface area contributed by atoms with Crippen LogP contribution < -0.4 is 0 Å². The molecule has 0 aromatic carbocycles. The van der Waals surface area contributed by atoms with E-state index < -0.39 is 17.2 Å². The number of rotatable bonds is 4. The number of likely N-dealkylation sites (N-methyl/N-ethyl adjacent to an activating group) is 1. The maximum Gasteiger partial charge on any atom is 0.259 e. The van der Waals surface area contributed by atoms with Crippen LogP contribution in [-0.4, -0.2) is 40.3 Å². The van der Waals surface area contributed by atoms with Crippen molar-refractivity contribution in [2.45, 2.75) is 45.9 Å². The minimum atomic E-state index is -1.87. The van der Waals surface area contributed by atoms with Crippen LogP contribution in [0.3, 0.4) is 0 Å². The summed E-state index contributed by atoms with van der Waals surface area (Å²) in [7, 11) is 0. The zero-order chi connectivity index (χ0) is 11.6. The van der Waals surface area contributed by atoms with Crippen molar-refractivity contribution in [1.29, 1.82) is 0 Å². The molecule has 0 aliphatic carbocycles. The van der Waals surface area contributed by atoms with Crippen LogP contribution in [0.15, 0.2) is 0 Å². The third kappa shape index (κ3) is 4.56. The highest BCUT2D eigenvalue weighted by Gasteiger charge is 2.33. The van der Waals surface area contributed by atoms with Crippen molar-refractivity contribution in [1.82, 2.24) is 4.90 Å². The first-order valence-electron chi connectivity index (χ1n) is 4.78. The fourth-order valence-corrected chi connectivity index (χ4v) is 1.17. The van der Waals surface area contributed by atoms with Crippen molar-refractivity contribution < 1.29 is 14.3 Å². The number of amides is 1. The van der Waals surface area contributed by atoms with Gasteiger partial charge in [0.25, 0.3) is 5.91 Å². The van der Waals surface area contributed by atoms with Gasteiger partial charge in [0.1, 0.15) is 0 Å². The van der Waals surface area contributed by atoms with Crippen LogP contribution in [0.2, 0.25) is 0 Å². The molecule has 0 aliphatic heterocycles. The van der Waals surface area contributed by atoms with Gasteiger partial charge in [0.05, 0.1) is 5.60 Å². The Hall–Kier alpha value is -0.640. The Kier molecular flexibility index (Phi) is 4.06. The van der Waals surface area contributed by atoms with E-state index in [0.717, 1.165) is 0 Å². The van der Waals surface area contributed by atoms with Crippen LogP contribution in [0.4, 0.5) is 4.39 Å². The summed E-state index contributed by atoms with van der Waals surface area (Å²) in [4.78, 5) is 12.8. The molecular formula is C10H20FNO2. The van der Waals surface area contributed by atoms with Crippen molar-refractivity contribution in [2.24, 2.45) is 0 Å². The second kappa shape index (κ2) is 4.26. The monoisotopic (exact) mass is 205 g/mol. The van der Waals surface area contributed by atoms with Crippen molar-refractivity contribution in [3.63, 3.8) is 0 Å². The third-order valence-electron chi connectivity index (χ3n) is 1.76. The van der Waals surface area contributed by atoms with Crippen molar-refractivity contribution in [2.75, 3.05) is 13.1 Å². The smallest absolute Gasteiger partial charge is 0.259 e. The first kappa shape index (κ1) is 13.4. The number of halogens is 1. The van der Waals surface area contributed by atoms with E-state index >= 15 is 0 Å². The molecule has 0 rings (SSSR count). The van der Waals surface area contributed by atoms with E-state index in [1.54, 1.807) is 20.8 Å². The molecule has 0 aromatic rings. The molecule has 0 aromatic heterocycles. The van der Waals surface area contributed by atoms with Crippen LogP contribution in [0.1, 0.15) is 34.6 Å². The summed E-state index contributed by atoms with van der Waals surface area (Å²) in [6.45, 7) is 7.94. The van der Waals surface area contributed by atoms with Crippen LogP contribution in [0.5, 0.6) is 0 Å². The van der Waals surface area contributed by atoms with Crippen LogP contribution in [0, 0.1) is 0 Å². The average molecular weight is 205 g/mol. The molecule has 0 atom stereocenters. The van der Waals surface area contributed by atoms with Gasteiger partial charge in [-0.05, 0) is 34.6 Å². The molecule has 0 saturated carbocycles. The molecule has 0 spiro atoms. The maximum atomic E-state index is 13.3. The molecule has 0 fully saturated rings. The normalized spacial score (nSPS) is 12.8. The SMILES string of the molecule is CCN(CC(C)(C)O)C(=O)C(C)(C)F. The van der Waals surface area contributed by atoms with E-state index in [1.165, 1.54) is 18.7 Å². The summed E-state index contributed by atoms with van der Waals surface area (Å²) in [5.74, 6) is -0.581. The highest BCUT2D eigenvalue weighted by Crippen LogP contribution is 2.15. The molecule has 0 saturated heterocycles. The zero-order valence-electron chi connectivity index (χ0n) is 9.59. The van der Waals surface area contributed by atoms with Gasteiger partial charge in [-0.3, -0.25) is 4.79 Å². The quantitative estimate of drug-likeness (QED) is 0.752. The standard InChI is InChI=1S/C10H20FNO2/c1-6-12(7-9(2,3)14)8(13)10(4,5)11/h14H,6-7H2,1-5H3. The molecule has 0 unspecified atom stereocenters. The van der Waals surface area contributed by atoms with Gasteiger partial charge >= 0.3 is 0 Å². The lowest BCUT2D eigenvalue weighted by Gasteiger charge is -2.31. The van der Waals surface area contributed by atoms with Gasteiger partial charge in [0, 0.05) is 13.1 Å². The molecule has 1 amide bonds. The molecule has 14 heavy (non-hydrogen) atoms. The Morgan fingerprint density at radius 2 is 1.79 bits per heavy atom. The van der Waals surface area contributed by atoms with E-state index in [1.807, 2.05) is 0 Å². The average Bonchev–Trinajstić information content (AvgIpc) is 1.95. The Morgan fingerprint density at radius 1 is 1.36 bits per heavy atom. The summed E-state index contributed by atoms with van der Waals surface area (Å²) >= 11 is 0. The predicted molar refractivity (Wildman–Crippen MR) is 53.7 cm³/mol. The minimum Gasteiger partial charge on any atom is -0.389 e. The van der Waals surface area contributed by atoms with Crippen LogP contribution in [0.25, 0.3) is 0 Å². The van der Waals surface area contributed by atoms with Gasteiger partial charge in [0.15, 0.2) is 5.67 Å². The number of alkyl halides is 1. The number of nitrogens with zero attached hydrogens (tertiary/aromatic N) is 1. The molecule has 0 radical (unpaired) electrons. The number of hydrogen-bond acceptors (Lipinski definition) is 2. The number of hydrogen-bond donors (Lipinski definition) is 1. The number of aliphatic hydroxyl groups is 1. The van der Waals surface area contributed by atoms with E-state index in [-0.39, 0.29) is 6.54 Å². The van der Waals surface area contributed by atoms with Gasteiger partial charge in [-0.25, -0.2) is 4.39 Å². The molecule has 0 bridgehead atoms. The van der Waals surface area contributed by atoms with Gasteiger partial charge in [-0.15, -0.1) is 0 Å². The third-order valence-corrected chi connectivity index (χ3v) is 1.76. The van der Waals surface area contributed by atoms with Gasteiger partial charge in [-0.1, -0.05) is 0 Å². The fourth-order valence-electron chi connectivity index (χ4n) is 1.17. The number of carbonyl (C=O) groups excluding carboxylic acids is 1. The van der Waals surface area contributed by atoms with Gasteiger partial charge in [0.2, 0.25) is 0 Å². The molecule has 1 N–H and O–H groups in total. The lowest BCUT2D eigenvalue weighted by atomic mass is 10.1. The fraction of sp³-hybridized carbons (Fsp3) is 0.900. The van der Waals surface area contributed by atoms with Gasteiger partial charge < -0.3 is 10.0 Å². The second-order valence-corrected chi connectivity index (χ2v) is 4.60. The highest BCUT2D eigenvalue weighted by atomic mass is 19.1. The zero-order valence-corrected chi connectivity index (χ0v) is 9.59. The lowest BCUT2D eigenvalue weighted by molar-refractivity contribution is -0.144. The van der Waals surface area contributed by atoms with Crippen LogP contribution in [-0.2, 0) is 4.79 Å². The largest absolute Gasteiger partial charge is 0.389 e. The Labute approximate surface area is 84.9 Å². The second-order valence-electron chi connectivity index (χ2n) is 4.60. The molecular weight excluding hydrogens is 185 g/mol. The topological polar surface area (TPSA) is 40.5 Å². The molecule has 0 heterocycles. The first-order valence-corrected chi connectivity index (χ1v) is 4.78.